The minimum Gasteiger partial charge on any atom is -0.379 e. The number of nitrogens with one attached hydrogen (secondary N) is 2. The maximum atomic E-state index is 5.39. The number of hydrogen-bond acceptors (Lipinski definition) is 3. The van der Waals surface area contributed by atoms with Crippen LogP contribution in [0.15, 0.2) is 47.5 Å². The van der Waals surface area contributed by atoms with Crippen molar-refractivity contribution < 1.29 is 4.74 Å². The summed E-state index contributed by atoms with van der Waals surface area (Å²) in [6, 6.07) is 15.0. The summed E-state index contributed by atoms with van der Waals surface area (Å²) in [6.07, 6.45) is 0. The molecular formula is C20H29IN4O. The van der Waals surface area contributed by atoms with Gasteiger partial charge in [-0.15, -0.1) is 24.0 Å². The maximum Gasteiger partial charge on any atom is 0.191 e. The Morgan fingerprint density at radius 3 is 2.62 bits per heavy atom. The minimum absolute atomic E-state index is 0. The molecule has 0 spiro atoms. The molecule has 1 heterocycles. The van der Waals surface area contributed by atoms with Crippen LogP contribution in [0.2, 0.25) is 0 Å². The Balaban J connectivity index is 0.00000243. The molecule has 0 radical (unpaired) electrons. The molecule has 0 atom stereocenters. The number of hydrogen-bond donors (Lipinski definition) is 2. The van der Waals surface area contributed by atoms with E-state index in [-0.39, 0.29) is 24.0 Å². The average Bonchev–Trinajstić information content (AvgIpc) is 2.67. The predicted molar refractivity (Wildman–Crippen MR) is 119 cm³/mol. The lowest BCUT2D eigenvalue weighted by Crippen LogP contribution is -2.44. The van der Waals surface area contributed by atoms with Gasteiger partial charge in [-0.2, -0.15) is 0 Å². The molecule has 3 rings (SSSR count). The molecule has 0 bridgehead atoms. The monoisotopic (exact) mass is 468 g/mol. The molecule has 2 aromatic carbocycles. The zero-order valence-corrected chi connectivity index (χ0v) is 17.7. The van der Waals surface area contributed by atoms with E-state index in [1.807, 2.05) is 0 Å². The molecule has 2 aromatic rings. The number of morpholine rings is 1. The first-order chi connectivity index (χ1) is 12.3. The second-order valence-electron chi connectivity index (χ2n) is 6.26. The molecule has 1 saturated heterocycles. The van der Waals surface area contributed by atoms with Crippen LogP contribution in [0.25, 0.3) is 10.8 Å². The van der Waals surface area contributed by atoms with Gasteiger partial charge in [0, 0.05) is 32.7 Å². The number of halogens is 1. The molecule has 0 aromatic heterocycles. The molecular weight excluding hydrogens is 439 g/mol. The topological polar surface area (TPSA) is 48.9 Å². The molecule has 1 fully saturated rings. The van der Waals surface area contributed by atoms with Crippen molar-refractivity contribution in [2.75, 3.05) is 45.9 Å². The highest BCUT2D eigenvalue weighted by Crippen LogP contribution is 2.16. The van der Waals surface area contributed by atoms with E-state index in [4.69, 9.17) is 9.73 Å². The van der Waals surface area contributed by atoms with Crippen molar-refractivity contribution in [2.24, 2.45) is 4.99 Å². The van der Waals surface area contributed by atoms with Gasteiger partial charge in [0.25, 0.3) is 0 Å². The molecule has 1 aliphatic heterocycles. The summed E-state index contributed by atoms with van der Waals surface area (Å²) in [5.41, 5.74) is 1.23. The zero-order chi connectivity index (χ0) is 17.3. The summed E-state index contributed by atoms with van der Waals surface area (Å²) >= 11 is 0. The van der Waals surface area contributed by atoms with E-state index in [1.165, 1.54) is 16.3 Å². The van der Waals surface area contributed by atoms with Crippen molar-refractivity contribution in [3.8, 4) is 0 Å². The van der Waals surface area contributed by atoms with Gasteiger partial charge in [-0.3, -0.25) is 4.90 Å². The number of benzene rings is 2. The van der Waals surface area contributed by atoms with Crippen LogP contribution in [0.5, 0.6) is 0 Å². The molecule has 0 amide bonds. The number of rotatable bonds is 6. The van der Waals surface area contributed by atoms with Crippen LogP contribution in [0.4, 0.5) is 0 Å². The Bertz CT molecular complexity index is 701. The van der Waals surface area contributed by atoms with Crippen molar-refractivity contribution in [2.45, 2.75) is 13.5 Å². The molecule has 142 valence electrons. The van der Waals surface area contributed by atoms with Crippen molar-refractivity contribution in [3.63, 3.8) is 0 Å². The maximum absolute atomic E-state index is 5.39. The summed E-state index contributed by atoms with van der Waals surface area (Å²) in [6.45, 7) is 9.27. The summed E-state index contributed by atoms with van der Waals surface area (Å²) in [4.78, 5) is 7.14. The zero-order valence-electron chi connectivity index (χ0n) is 15.4. The molecule has 26 heavy (non-hydrogen) atoms. The van der Waals surface area contributed by atoms with Crippen LogP contribution in [0.1, 0.15) is 12.5 Å². The second kappa shape index (κ2) is 11.4. The van der Waals surface area contributed by atoms with Crippen molar-refractivity contribution in [1.82, 2.24) is 15.5 Å². The van der Waals surface area contributed by atoms with E-state index in [9.17, 15) is 0 Å². The highest BCUT2D eigenvalue weighted by molar-refractivity contribution is 14.0. The Kier molecular flexibility index (Phi) is 9.14. The minimum atomic E-state index is 0. The first-order valence-electron chi connectivity index (χ1n) is 9.15. The summed E-state index contributed by atoms with van der Waals surface area (Å²) in [5.74, 6) is 0.879. The SMILES string of the molecule is CCNC(=NCc1ccc2ccccc2c1)NCCN1CCOCC1.I. The molecule has 5 nitrogen and oxygen atoms in total. The normalized spacial score (nSPS) is 15.5. The Labute approximate surface area is 173 Å². The Hall–Kier alpha value is -1.38. The molecule has 0 aliphatic carbocycles. The molecule has 1 aliphatic rings. The van der Waals surface area contributed by atoms with Crippen molar-refractivity contribution >= 4 is 40.7 Å². The van der Waals surface area contributed by atoms with Gasteiger partial charge in [0.1, 0.15) is 0 Å². The highest BCUT2D eigenvalue weighted by atomic mass is 127. The van der Waals surface area contributed by atoms with E-state index in [0.717, 1.165) is 51.9 Å². The van der Waals surface area contributed by atoms with Gasteiger partial charge in [0.05, 0.1) is 19.8 Å². The lowest BCUT2D eigenvalue weighted by atomic mass is 10.1. The van der Waals surface area contributed by atoms with Gasteiger partial charge >= 0.3 is 0 Å². The van der Waals surface area contributed by atoms with Crippen LogP contribution >= 0.6 is 24.0 Å². The third kappa shape index (κ3) is 6.41. The fourth-order valence-corrected chi connectivity index (χ4v) is 3.01. The predicted octanol–water partition coefficient (Wildman–Crippen LogP) is 2.85. The van der Waals surface area contributed by atoms with E-state index >= 15 is 0 Å². The van der Waals surface area contributed by atoms with Gasteiger partial charge < -0.3 is 15.4 Å². The summed E-state index contributed by atoms with van der Waals surface area (Å²) < 4.78 is 5.39. The standard InChI is InChI=1S/C20H28N4O.HI/c1-2-21-20(22-9-10-24-11-13-25-14-12-24)23-16-17-7-8-18-5-3-4-6-19(18)15-17;/h3-8,15H,2,9-14,16H2,1H3,(H2,21,22,23);1H. The van der Waals surface area contributed by atoms with E-state index in [2.05, 4.69) is 64.9 Å². The molecule has 0 saturated carbocycles. The first kappa shape index (κ1) is 20.9. The van der Waals surface area contributed by atoms with Gasteiger partial charge in [0.15, 0.2) is 5.96 Å². The van der Waals surface area contributed by atoms with Gasteiger partial charge in [-0.25, -0.2) is 4.99 Å². The van der Waals surface area contributed by atoms with E-state index in [0.29, 0.717) is 6.54 Å². The van der Waals surface area contributed by atoms with E-state index < -0.39 is 0 Å². The van der Waals surface area contributed by atoms with Gasteiger partial charge in [-0.1, -0.05) is 36.4 Å². The summed E-state index contributed by atoms with van der Waals surface area (Å²) in [7, 11) is 0. The number of guanidine groups is 1. The first-order valence-corrected chi connectivity index (χ1v) is 9.15. The molecule has 2 N–H and O–H groups in total. The van der Waals surface area contributed by atoms with Crippen LogP contribution < -0.4 is 10.6 Å². The fraction of sp³-hybridized carbons (Fsp3) is 0.450. The average molecular weight is 468 g/mol. The largest absolute Gasteiger partial charge is 0.379 e. The number of aliphatic imine (C=N–C) groups is 1. The lowest BCUT2D eigenvalue weighted by molar-refractivity contribution is 0.0389. The third-order valence-electron chi connectivity index (χ3n) is 4.40. The summed E-state index contributed by atoms with van der Waals surface area (Å²) in [5, 5.41) is 9.29. The second-order valence-corrected chi connectivity index (χ2v) is 6.26. The number of ether oxygens (including phenoxy) is 1. The fourth-order valence-electron chi connectivity index (χ4n) is 3.01. The van der Waals surface area contributed by atoms with E-state index in [1.54, 1.807) is 0 Å². The van der Waals surface area contributed by atoms with Gasteiger partial charge in [-0.05, 0) is 29.3 Å². The van der Waals surface area contributed by atoms with Crippen LogP contribution in [0, 0.1) is 0 Å². The Morgan fingerprint density at radius 2 is 1.85 bits per heavy atom. The number of nitrogens with zero attached hydrogens (tertiary/aromatic N) is 2. The number of fused-ring (bicyclic) bond motifs is 1. The highest BCUT2D eigenvalue weighted by Gasteiger charge is 2.09. The lowest BCUT2D eigenvalue weighted by Gasteiger charge is -2.26. The van der Waals surface area contributed by atoms with Gasteiger partial charge in [0.2, 0.25) is 0 Å². The quantitative estimate of drug-likeness (QED) is 0.389. The van der Waals surface area contributed by atoms with Crippen LogP contribution in [-0.2, 0) is 11.3 Å². The molecule has 6 heteroatoms. The van der Waals surface area contributed by atoms with Crippen molar-refractivity contribution in [3.05, 3.63) is 48.0 Å². The van der Waals surface area contributed by atoms with Crippen LogP contribution in [0.3, 0.4) is 0 Å². The third-order valence-corrected chi connectivity index (χ3v) is 4.40. The van der Waals surface area contributed by atoms with Crippen LogP contribution in [-0.4, -0.2) is 56.8 Å². The smallest absolute Gasteiger partial charge is 0.191 e. The molecule has 0 unspecified atom stereocenters. The van der Waals surface area contributed by atoms with Crippen molar-refractivity contribution in [1.29, 1.82) is 0 Å². The Morgan fingerprint density at radius 1 is 1.08 bits per heavy atom.